The largest absolute Gasteiger partial charge is 0.483 e. The average Bonchev–Trinajstić information content (AvgIpc) is 3.30. The fourth-order valence-corrected chi connectivity index (χ4v) is 4.35. The van der Waals surface area contributed by atoms with Gasteiger partial charge in [-0.1, -0.05) is 11.6 Å². The number of benzene rings is 2. The summed E-state index contributed by atoms with van der Waals surface area (Å²) in [6.07, 6.45) is 1.01. The Morgan fingerprint density at radius 2 is 1.91 bits per heavy atom. The predicted molar refractivity (Wildman–Crippen MR) is 134 cm³/mol. The van der Waals surface area contributed by atoms with E-state index in [1.54, 1.807) is 26.2 Å². The maximum atomic E-state index is 13.4. The number of hydrogen-bond donors (Lipinski definition) is 1. The number of primary amides is 1. The Bertz CT molecular complexity index is 1690. The highest BCUT2D eigenvalue weighted by Crippen LogP contribution is 2.34. The first-order valence-corrected chi connectivity index (χ1v) is 11.3. The Morgan fingerprint density at radius 1 is 1.11 bits per heavy atom. The summed E-state index contributed by atoms with van der Waals surface area (Å²) in [5.41, 5.74) is 9.18. The summed E-state index contributed by atoms with van der Waals surface area (Å²) in [4.78, 5) is 29.3. The maximum absolute atomic E-state index is 13.4. The second-order valence-corrected chi connectivity index (χ2v) is 8.78. The molecular formula is C27H21ClN2O5. The Labute approximate surface area is 205 Å². The van der Waals surface area contributed by atoms with Gasteiger partial charge in [0.25, 0.3) is 5.91 Å². The minimum absolute atomic E-state index is 0.0762. The molecule has 2 N–H and O–H groups in total. The van der Waals surface area contributed by atoms with Gasteiger partial charge in [-0.25, -0.2) is 4.98 Å². The Kier molecular flexibility index (Phi) is 5.57. The summed E-state index contributed by atoms with van der Waals surface area (Å²) in [5.74, 6) is -0.110. The van der Waals surface area contributed by atoms with E-state index in [2.05, 4.69) is 4.98 Å². The van der Waals surface area contributed by atoms with Gasteiger partial charge in [-0.2, -0.15) is 0 Å². The SMILES string of the molecule is Cc1cc([C@@H](C)Oc2ccc(Cl)nc2C(N)=O)c2oc(-c3ccc4occc4c3)c(C)c(=O)c2c1. The molecule has 5 rings (SSSR count). The highest BCUT2D eigenvalue weighted by atomic mass is 35.5. The van der Waals surface area contributed by atoms with E-state index < -0.39 is 12.0 Å². The monoisotopic (exact) mass is 488 g/mol. The topological polar surface area (TPSA) is 109 Å². The lowest BCUT2D eigenvalue weighted by molar-refractivity contribution is 0.0988. The van der Waals surface area contributed by atoms with Crippen LogP contribution in [0.2, 0.25) is 5.15 Å². The minimum atomic E-state index is -0.761. The molecule has 3 heterocycles. The number of hydrogen-bond acceptors (Lipinski definition) is 6. The maximum Gasteiger partial charge on any atom is 0.271 e. The van der Waals surface area contributed by atoms with Gasteiger partial charge < -0.3 is 19.3 Å². The Hall–Kier alpha value is -4.10. The fourth-order valence-electron chi connectivity index (χ4n) is 4.20. The first-order chi connectivity index (χ1) is 16.7. The molecule has 0 aliphatic rings. The van der Waals surface area contributed by atoms with Crippen LogP contribution in [-0.2, 0) is 0 Å². The third kappa shape index (κ3) is 4.04. The number of amides is 1. The number of halogens is 1. The van der Waals surface area contributed by atoms with Gasteiger partial charge in [0.05, 0.1) is 11.6 Å². The first kappa shape index (κ1) is 22.7. The van der Waals surface area contributed by atoms with E-state index in [1.165, 1.54) is 12.1 Å². The van der Waals surface area contributed by atoms with Crippen molar-refractivity contribution >= 4 is 39.4 Å². The van der Waals surface area contributed by atoms with Crippen LogP contribution in [0, 0.1) is 13.8 Å². The van der Waals surface area contributed by atoms with Gasteiger partial charge in [0.2, 0.25) is 0 Å². The number of rotatable bonds is 5. The summed E-state index contributed by atoms with van der Waals surface area (Å²) in [6, 6.07) is 14.2. The zero-order valence-electron chi connectivity index (χ0n) is 19.2. The zero-order valence-corrected chi connectivity index (χ0v) is 20.0. The van der Waals surface area contributed by atoms with Gasteiger partial charge in [0, 0.05) is 22.1 Å². The summed E-state index contributed by atoms with van der Waals surface area (Å²) in [6.45, 7) is 5.44. The highest BCUT2D eigenvalue weighted by Gasteiger charge is 2.22. The third-order valence-corrected chi connectivity index (χ3v) is 6.12. The summed E-state index contributed by atoms with van der Waals surface area (Å²) < 4.78 is 17.9. The third-order valence-electron chi connectivity index (χ3n) is 5.91. The zero-order chi connectivity index (χ0) is 24.9. The van der Waals surface area contributed by atoms with E-state index in [4.69, 9.17) is 30.9 Å². The van der Waals surface area contributed by atoms with Gasteiger partial charge in [0.15, 0.2) is 16.9 Å². The lowest BCUT2D eigenvalue weighted by Gasteiger charge is -2.19. The standard InChI is InChI=1S/C27H21ClN2O5/c1-13-10-18(15(3)34-21-6-7-22(28)30-23(21)27(29)32)26-19(11-13)24(31)14(2)25(35-26)17-4-5-20-16(12-17)8-9-33-20/h4-12,15H,1-3H3,(H2,29,32)/t15-/m1/s1. The molecule has 35 heavy (non-hydrogen) atoms. The van der Waals surface area contributed by atoms with Gasteiger partial charge in [-0.3, -0.25) is 9.59 Å². The van der Waals surface area contributed by atoms with Crippen molar-refractivity contribution in [1.82, 2.24) is 4.98 Å². The summed E-state index contributed by atoms with van der Waals surface area (Å²) in [7, 11) is 0. The van der Waals surface area contributed by atoms with Crippen molar-refractivity contribution in [3.63, 3.8) is 0 Å². The summed E-state index contributed by atoms with van der Waals surface area (Å²) in [5, 5.41) is 1.48. The van der Waals surface area contributed by atoms with Crippen LogP contribution in [0.25, 0.3) is 33.3 Å². The first-order valence-electron chi connectivity index (χ1n) is 10.9. The van der Waals surface area contributed by atoms with Crippen molar-refractivity contribution in [1.29, 1.82) is 0 Å². The van der Waals surface area contributed by atoms with Crippen LogP contribution in [-0.4, -0.2) is 10.9 Å². The van der Waals surface area contributed by atoms with Crippen LogP contribution in [0.4, 0.5) is 0 Å². The lowest BCUT2D eigenvalue weighted by atomic mass is 9.99. The van der Waals surface area contributed by atoms with Crippen LogP contribution in [0.5, 0.6) is 5.75 Å². The molecule has 0 spiro atoms. The quantitative estimate of drug-likeness (QED) is 0.299. The van der Waals surface area contributed by atoms with Crippen molar-refractivity contribution in [2.45, 2.75) is 26.9 Å². The molecule has 0 fully saturated rings. The fraction of sp³-hybridized carbons (Fsp3) is 0.148. The number of carbonyl (C=O) groups is 1. The molecule has 0 aliphatic heterocycles. The molecule has 0 saturated heterocycles. The molecule has 1 atom stereocenters. The van der Waals surface area contributed by atoms with Gasteiger partial charge in [-0.05, 0) is 74.9 Å². The number of nitrogens with zero attached hydrogens (tertiary/aromatic N) is 1. The van der Waals surface area contributed by atoms with Gasteiger partial charge in [-0.15, -0.1) is 0 Å². The molecule has 0 radical (unpaired) electrons. The second-order valence-electron chi connectivity index (χ2n) is 8.39. The molecule has 0 saturated carbocycles. The van der Waals surface area contributed by atoms with E-state index >= 15 is 0 Å². The minimum Gasteiger partial charge on any atom is -0.483 e. The van der Waals surface area contributed by atoms with Gasteiger partial charge in [0.1, 0.15) is 28.2 Å². The van der Waals surface area contributed by atoms with Crippen molar-refractivity contribution in [3.05, 3.63) is 92.6 Å². The van der Waals surface area contributed by atoms with Crippen LogP contribution < -0.4 is 15.9 Å². The number of ether oxygens (including phenoxy) is 1. The molecule has 7 nitrogen and oxygen atoms in total. The number of pyridine rings is 1. The number of furan rings is 1. The van der Waals surface area contributed by atoms with E-state index in [0.717, 1.165) is 22.1 Å². The molecule has 3 aromatic heterocycles. The van der Waals surface area contributed by atoms with E-state index in [-0.39, 0.29) is 22.0 Å². The van der Waals surface area contributed by atoms with Crippen LogP contribution in [0.15, 0.2) is 68.4 Å². The van der Waals surface area contributed by atoms with Crippen LogP contribution in [0.1, 0.15) is 40.2 Å². The average molecular weight is 489 g/mol. The van der Waals surface area contributed by atoms with E-state index in [1.807, 2.05) is 37.3 Å². The Morgan fingerprint density at radius 3 is 2.69 bits per heavy atom. The molecule has 2 aromatic carbocycles. The van der Waals surface area contributed by atoms with E-state index in [0.29, 0.717) is 27.9 Å². The highest BCUT2D eigenvalue weighted by molar-refractivity contribution is 6.29. The molecule has 176 valence electrons. The number of fused-ring (bicyclic) bond motifs is 2. The van der Waals surface area contributed by atoms with Crippen molar-refractivity contribution in [2.75, 3.05) is 0 Å². The van der Waals surface area contributed by atoms with Crippen LogP contribution in [0.3, 0.4) is 0 Å². The van der Waals surface area contributed by atoms with E-state index in [9.17, 15) is 9.59 Å². The molecule has 5 aromatic rings. The molecule has 1 amide bonds. The lowest BCUT2D eigenvalue weighted by Crippen LogP contribution is -2.17. The number of aromatic nitrogens is 1. The van der Waals surface area contributed by atoms with Crippen LogP contribution >= 0.6 is 11.6 Å². The predicted octanol–water partition coefficient (Wildman–Crippen LogP) is 6.11. The molecule has 8 heteroatoms. The second kappa shape index (κ2) is 8.60. The molecule has 0 unspecified atom stereocenters. The normalized spacial score (nSPS) is 12.2. The molecule has 0 aliphatic carbocycles. The number of aryl methyl sites for hydroxylation is 1. The molecule has 0 bridgehead atoms. The number of carbonyl (C=O) groups excluding carboxylic acids is 1. The van der Waals surface area contributed by atoms with Crippen molar-refractivity contribution < 1.29 is 18.4 Å². The molecular weight excluding hydrogens is 468 g/mol. The smallest absolute Gasteiger partial charge is 0.271 e. The van der Waals surface area contributed by atoms with Gasteiger partial charge >= 0.3 is 0 Å². The summed E-state index contributed by atoms with van der Waals surface area (Å²) >= 11 is 5.92. The van der Waals surface area contributed by atoms with Crippen molar-refractivity contribution in [3.8, 4) is 17.1 Å². The van der Waals surface area contributed by atoms with Crippen molar-refractivity contribution in [2.24, 2.45) is 5.73 Å². The Balaban J connectivity index is 1.67. The number of nitrogens with two attached hydrogens (primary N) is 1.